The minimum atomic E-state index is -1.05. The smallest absolute Gasteiger partial charge is 0.408 e. The van der Waals surface area contributed by atoms with E-state index >= 15 is 0 Å². The van der Waals surface area contributed by atoms with Crippen LogP contribution in [0.25, 0.3) is 0 Å². The predicted molar refractivity (Wildman–Crippen MR) is 129 cm³/mol. The number of nitrogens with one attached hydrogen (secondary N) is 2. The molecule has 0 aliphatic rings. The number of carbonyl (C=O) groups excluding carboxylic acids is 2. The summed E-state index contributed by atoms with van der Waals surface area (Å²) in [6, 6.07) is -1.80. The summed E-state index contributed by atoms with van der Waals surface area (Å²) in [5.41, 5.74) is -0.681. The predicted octanol–water partition coefficient (Wildman–Crippen LogP) is 5.81. The van der Waals surface area contributed by atoms with Crippen LogP contribution in [0.4, 0.5) is 4.79 Å². The van der Waals surface area contributed by atoms with Gasteiger partial charge < -0.3 is 20.5 Å². The van der Waals surface area contributed by atoms with Gasteiger partial charge in [-0.15, -0.1) is 0 Å². The lowest BCUT2D eigenvalue weighted by atomic mass is 9.97. The highest BCUT2D eigenvalue weighted by Gasteiger charge is 2.31. The van der Waals surface area contributed by atoms with E-state index in [1.807, 2.05) is 13.8 Å². The van der Waals surface area contributed by atoms with Gasteiger partial charge in [-0.3, -0.25) is 4.79 Å². The fourth-order valence-corrected chi connectivity index (χ4v) is 3.49. The summed E-state index contributed by atoms with van der Waals surface area (Å²) in [6.07, 6.45) is 12.0. The Kier molecular flexibility index (Phi) is 15.8. The Bertz CT molecular complexity index is 545. The molecule has 0 saturated carbocycles. The molecule has 188 valence electrons. The standard InChI is InChI=1S/C25H48N2O5/c1-7-9-10-11-12-13-14-15-16-17-18-20(23(29)30)26-22(28)21(19(3)8-2)27-24(31)32-25(4,5)6/h19-21H,7-18H2,1-6H3,(H,26,28)(H,27,31)(H,29,30)/t19?,20-,21+/m0/s1. The molecule has 2 amide bonds. The van der Waals surface area contributed by atoms with E-state index in [-0.39, 0.29) is 5.92 Å². The summed E-state index contributed by atoms with van der Waals surface area (Å²) in [4.78, 5) is 36.6. The number of unbranched alkanes of at least 4 members (excludes halogenated alkanes) is 9. The van der Waals surface area contributed by atoms with Crippen LogP contribution < -0.4 is 10.6 Å². The van der Waals surface area contributed by atoms with E-state index in [1.54, 1.807) is 20.8 Å². The van der Waals surface area contributed by atoms with E-state index < -0.39 is 35.7 Å². The average molecular weight is 457 g/mol. The first-order valence-electron chi connectivity index (χ1n) is 12.5. The topological polar surface area (TPSA) is 105 Å². The minimum absolute atomic E-state index is 0.158. The van der Waals surface area contributed by atoms with Gasteiger partial charge in [-0.25, -0.2) is 9.59 Å². The fraction of sp³-hybridized carbons (Fsp3) is 0.880. The Balaban J connectivity index is 4.51. The van der Waals surface area contributed by atoms with E-state index in [0.717, 1.165) is 19.3 Å². The third-order valence-corrected chi connectivity index (χ3v) is 5.63. The molecule has 1 unspecified atom stereocenters. The Morgan fingerprint density at radius 2 is 1.34 bits per heavy atom. The van der Waals surface area contributed by atoms with Gasteiger partial charge in [-0.2, -0.15) is 0 Å². The number of hydrogen-bond donors (Lipinski definition) is 3. The van der Waals surface area contributed by atoms with E-state index in [0.29, 0.717) is 12.8 Å². The molecule has 7 nitrogen and oxygen atoms in total. The summed E-state index contributed by atoms with van der Waals surface area (Å²) in [7, 11) is 0. The van der Waals surface area contributed by atoms with Gasteiger partial charge in [0.1, 0.15) is 17.7 Å². The van der Waals surface area contributed by atoms with Crippen molar-refractivity contribution in [3.63, 3.8) is 0 Å². The first kappa shape index (κ1) is 30.2. The zero-order chi connectivity index (χ0) is 24.6. The van der Waals surface area contributed by atoms with Gasteiger partial charge in [0.2, 0.25) is 5.91 Å². The monoisotopic (exact) mass is 456 g/mol. The van der Waals surface area contributed by atoms with Crippen LogP contribution in [0.2, 0.25) is 0 Å². The van der Waals surface area contributed by atoms with Crippen LogP contribution in [0.3, 0.4) is 0 Å². The van der Waals surface area contributed by atoms with Crippen molar-refractivity contribution in [1.82, 2.24) is 10.6 Å². The number of carboxylic acids is 1. The highest BCUT2D eigenvalue weighted by molar-refractivity contribution is 5.89. The van der Waals surface area contributed by atoms with Crippen molar-refractivity contribution < 1.29 is 24.2 Å². The quantitative estimate of drug-likeness (QED) is 0.240. The second-order valence-electron chi connectivity index (χ2n) is 9.88. The number of hydrogen-bond acceptors (Lipinski definition) is 4. The maximum atomic E-state index is 12.8. The minimum Gasteiger partial charge on any atom is -0.480 e. The van der Waals surface area contributed by atoms with Gasteiger partial charge in [-0.1, -0.05) is 91.4 Å². The SMILES string of the molecule is CCCCCCCCCCCC[C@H](NC(=O)[C@H](NC(=O)OC(C)(C)C)C(C)CC)C(=O)O. The largest absolute Gasteiger partial charge is 0.480 e. The van der Waals surface area contributed by atoms with Crippen molar-refractivity contribution in [2.24, 2.45) is 5.92 Å². The molecular formula is C25H48N2O5. The molecular weight excluding hydrogens is 408 g/mol. The molecule has 0 heterocycles. The molecule has 0 rings (SSSR count). The maximum Gasteiger partial charge on any atom is 0.408 e. The molecule has 3 atom stereocenters. The zero-order valence-corrected chi connectivity index (χ0v) is 21.3. The second kappa shape index (κ2) is 16.8. The summed E-state index contributed by atoms with van der Waals surface area (Å²) in [6.45, 7) is 11.2. The molecule has 0 fully saturated rings. The highest BCUT2D eigenvalue weighted by atomic mass is 16.6. The highest BCUT2D eigenvalue weighted by Crippen LogP contribution is 2.14. The second-order valence-corrected chi connectivity index (χ2v) is 9.88. The molecule has 0 aromatic carbocycles. The van der Waals surface area contributed by atoms with Crippen molar-refractivity contribution in [1.29, 1.82) is 0 Å². The number of amides is 2. The van der Waals surface area contributed by atoms with Crippen LogP contribution in [-0.4, -0.2) is 40.8 Å². The van der Waals surface area contributed by atoms with E-state index in [2.05, 4.69) is 17.6 Å². The summed E-state index contributed by atoms with van der Waals surface area (Å²) in [5.74, 6) is -1.69. The lowest BCUT2D eigenvalue weighted by Gasteiger charge is -2.27. The molecule has 32 heavy (non-hydrogen) atoms. The van der Waals surface area contributed by atoms with Crippen LogP contribution in [-0.2, 0) is 14.3 Å². The van der Waals surface area contributed by atoms with Gasteiger partial charge in [0.25, 0.3) is 0 Å². The normalized spacial score (nSPS) is 14.3. The van der Waals surface area contributed by atoms with Crippen molar-refractivity contribution in [3.05, 3.63) is 0 Å². The average Bonchev–Trinajstić information content (AvgIpc) is 2.70. The summed E-state index contributed by atoms with van der Waals surface area (Å²) >= 11 is 0. The zero-order valence-electron chi connectivity index (χ0n) is 21.3. The van der Waals surface area contributed by atoms with Crippen LogP contribution >= 0.6 is 0 Å². The number of alkyl carbamates (subject to hydrolysis) is 1. The molecule has 0 saturated heterocycles. The number of carbonyl (C=O) groups is 3. The van der Waals surface area contributed by atoms with Gasteiger partial charge >= 0.3 is 12.1 Å². The Labute approximate surface area is 195 Å². The molecule has 3 N–H and O–H groups in total. The summed E-state index contributed by atoms with van der Waals surface area (Å²) < 4.78 is 5.26. The lowest BCUT2D eigenvalue weighted by Crippen LogP contribution is -2.54. The fourth-order valence-electron chi connectivity index (χ4n) is 3.49. The Hall–Kier alpha value is -1.79. The van der Waals surface area contributed by atoms with Crippen LogP contribution in [0.5, 0.6) is 0 Å². The van der Waals surface area contributed by atoms with E-state index in [1.165, 1.54) is 44.9 Å². The van der Waals surface area contributed by atoms with Crippen LogP contribution in [0, 0.1) is 5.92 Å². The van der Waals surface area contributed by atoms with Gasteiger partial charge in [-0.05, 0) is 33.1 Å². The molecule has 0 aromatic heterocycles. The molecule has 0 radical (unpaired) electrons. The summed E-state index contributed by atoms with van der Waals surface area (Å²) in [5, 5.41) is 14.8. The first-order chi connectivity index (χ1) is 15.0. The molecule has 0 aliphatic heterocycles. The van der Waals surface area contributed by atoms with Gasteiger partial charge in [0.15, 0.2) is 0 Å². The van der Waals surface area contributed by atoms with Crippen LogP contribution in [0.1, 0.15) is 119 Å². The van der Waals surface area contributed by atoms with Crippen molar-refractivity contribution in [2.45, 2.75) is 136 Å². The molecule has 0 spiro atoms. The molecule has 0 aromatic rings. The molecule has 0 aliphatic carbocycles. The van der Waals surface area contributed by atoms with Crippen LogP contribution in [0.15, 0.2) is 0 Å². The Morgan fingerprint density at radius 3 is 1.78 bits per heavy atom. The first-order valence-corrected chi connectivity index (χ1v) is 12.5. The van der Waals surface area contributed by atoms with Crippen molar-refractivity contribution >= 4 is 18.0 Å². The third-order valence-electron chi connectivity index (χ3n) is 5.63. The van der Waals surface area contributed by atoms with Gasteiger partial charge in [0, 0.05) is 0 Å². The van der Waals surface area contributed by atoms with E-state index in [4.69, 9.17) is 4.74 Å². The number of aliphatic carboxylic acids is 1. The maximum absolute atomic E-state index is 12.8. The Morgan fingerprint density at radius 1 is 0.844 bits per heavy atom. The molecule has 0 bridgehead atoms. The lowest BCUT2D eigenvalue weighted by molar-refractivity contribution is -0.142. The van der Waals surface area contributed by atoms with E-state index in [9.17, 15) is 19.5 Å². The molecule has 7 heteroatoms. The number of rotatable bonds is 17. The van der Waals surface area contributed by atoms with Crippen molar-refractivity contribution in [3.8, 4) is 0 Å². The third kappa shape index (κ3) is 15.1. The number of ether oxygens (including phenoxy) is 1. The number of carboxylic acid groups (broad SMARTS) is 1. The van der Waals surface area contributed by atoms with Gasteiger partial charge in [0.05, 0.1) is 0 Å². The van der Waals surface area contributed by atoms with Crippen molar-refractivity contribution in [2.75, 3.05) is 0 Å².